The molecule has 0 saturated carbocycles. The van der Waals surface area contributed by atoms with E-state index >= 15 is 0 Å². The number of para-hydroxylation sites is 1. The van der Waals surface area contributed by atoms with Crippen LogP contribution in [-0.2, 0) is 4.74 Å². The van der Waals surface area contributed by atoms with E-state index in [2.05, 4.69) is 16.3 Å². The van der Waals surface area contributed by atoms with Crippen molar-refractivity contribution in [2.24, 2.45) is 5.73 Å². The summed E-state index contributed by atoms with van der Waals surface area (Å²) in [5.41, 5.74) is 8.34. The Morgan fingerprint density at radius 1 is 1.28 bits per heavy atom. The number of nitrogens with zero attached hydrogens (tertiary/aromatic N) is 3. The highest BCUT2D eigenvalue weighted by Gasteiger charge is 2.37. The van der Waals surface area contributed by atoms with E-state index < -0.39 is 12.0 Å². The summed E-state index contributed by atoms with van der Waals surface area (Å²) in [5.74, 6) is 0.00163. The van der Waals surface area contributed by atoms with Gasteiger partial charge in [0.2, 0.25) is 11.8 Å². The fourth-order valence-corrected chi connectivity index (χ4v) is 4.62. The van der Waals surface area contributed by atoms with Crippen LogP contribution >= 0.6 is 11.3 Å². The molecule has 32 heavy (non-hydrogen) atoms. The molecule has 0 aliphatic carbocycles. The molecule has 1 aromatic carbocycles. The molecule has 9 nitrogen and oxygen atoms in total. The molecular formula is C22H19N5O4S. The molecule has 0 unspecified atom stereocenters. The first-order chi connectivity index (χ1) is 15.7. The van der Waals surface area contributed by atoms with Gasteiger partial charge in [0.15, 0.2) is 0 Å². The summed E-state index contributed by atoms with van der Waals surface area (Å²) in [6, 6.07) is 13.2. The van der Waals surface area contributed by atoms with Gasteiger partial charge in [-0.15, -0.1) is 16.4 Å². The highest BCUT2D eigenvalue weighted by Crippen LogP contribution is 2.48. The number of aromatic amines is 1. The first-order valence-electron chi connectivity index (χ1n) is 10.0. The van der Waals surface area contributed by atoms with Crippen LogP contribution in [0.25, 0.3) is 10.6 Å². The number of nitriles is 1. The Bertz CT molecular complexity index is 1220. The van der Waals surface area contributed by atoms with Gasteiger partial charge >= 0.3 is 6.09 Å². The van der Waals surface area contributed by atoms with Crippen molar-refractivity contribution in [3.05, 3.63) is 64.4 Å². The number of aromatic nitrogens is 2. The summed E-state index contributed by atoms with van der Waals surface area (Å²) in [5, 5.41) is 19.2. The van der Waals surface area contributed by atoms with E-state index in [1.807, 2.05) is 29.6 Å². The smallest absolute Gasteiger partial charge is 0.415 e. The van der Waals surface area contributed by atoms with Gasteiger partial charge in [-0.05, 0) is 17.5 Å². The largest absolute Gasteiger partial charge is 0.420 e. The monoisotopic (exact) mass is 449 g/mol. The number of H-pyrrole nitrogens is 1. The first kappa shape index (κ1) is 20.1. The summed E-state index contributed by atoms with van der Waals surface area (Å²) in [6.45, 7) is 1.86. The van der Waals surface area contributed by atoms with Gasteiger partial charge in [-0.1, -0.05) is 24.3 Å². The van der Waals surface area contributed by atoms with Gasteiger partial charge in [0.05, 0.1) is 35.3 Å². The molecule has 2 aliphatic rings. The Labute approximate surface area is 187 Å². The van der Waals surface area contributed by atoms with Gasteiger partial charge in [-0.2, -0.15) is 5.26 Å². The maximum atomic E-state index is 12.8. The van der Waals surface area contributed by atoms with E-state index in [0.29, 0.717) is 49.1 Å². The second-order valence-electron chi connectivity index (χ2n) is 7.22. The zero-order valence-corrected chi connectivity index (χ0v) is 17.7. The van der Waals surface area contributed by atoms with E-state index in [4.69, 9.17) is 19.9 Å². The van der Waals surface area contributed by atoms with Crippen molar-refractivity contribution in [1.29, 1.82) is 5.26 Å². The van der Waals surface area contributed by atoms with Crippen molar-refractivity contribution < 1.29 is 19.0 Å². The van der Waals surface area contributed by atoms with Gasteiger partial charge in [0.1, 0.15) is 17.4 Å². The fourth-order valence-electron chi connectivity index (χ4n) is 3.88. The van der Waals surface area contributed by atoms with Crippen LogP contribution in [-0.4, -0.2) is 47.5 Å². The van der Waals surface area contributed by atoms with Crippen LogP contribution in [0.5, 0.6) is 11.6 Å². The lowest BCUT2D eigenvalue weighted by atomic mass is 9.83. The molecule has 1 fully saturated rings. The highest BCUT2D eigenvalue weighted by atomic mass is 32.1. The van der Waals surface area contributed by atoms with E-state index in [1.165, 1.54) is 11.3 Å². The van der Waals surface area contributed by atoms with Gasteiger partial charge in [-0.3, -0.25) is 5.10 Å². The third kappa shape index (κ3) is 3.47. The lowest BCUT2D eigenvalue weighted by molar-refractivity contribution is 0.0415. The average molecular weight is 449 g/mol. The minimum atomic E-state index is -0.617. The summed E-state index contributed by atoms with van der Waals surface area (Å²) in [7, 11) is 0. The lowest BCUT2D eigenvalue weighted by Crippen LogP contribution is -2.42. The number of carbonyl (C=O) groups is 1. The summed E-state index contributed by atoms with van der Waals surface area (Å²) in [6.07, 6.45) is -0.464. The Hall–Kier alpha value is -3.81. The normalized spacial score (nSPS) is 18.0. The van der Waals surface area contributed by atoms with E-state index in [1.54, 1.807) is 17.0 Å². The number of carbonyl (C=O) groups excluding carboxylic acids is 1. The van der Waals surface area contributed by atoms with E-state index in [9.17, 15) is 10.1 Å². The van der Waals surface area contributed by atoms with Gasteiger partial charge in [0.25, 0.3) is 0 Å². The minimum absolute atomic E-state index is 0.0245. The molecule has 0 radical (unpaired) electrons. The second-order valence-corrected chi connectivity index (χ2v) is 8.17. The first-order valence-corrected chi connectivity index (χ1v) is 10.9. The predicted molar refractivity (Wildman–Crippen MR) is 116 cm³/mol. The number of amides is 1. The number of thiophene rings is 1. The third-order valence-corrected chi connectivity index (χ3v) is 6.29. The van der Waals surface area contributed by atoms with Crippen LogP contribution in [0.15, 0.2) is 53.2 Å². The zero-order valence-electron chi connectivity index (χ0n) is 16.9. The van der Waals surface area contributed by atoms with Gasteiger partial charge in [-0.25, -0.2) is 4.79 Å². The number of nitrogens with two attached hydrogens (primary N) is 1. The van der Waals surface area contributed by atoms with Crippen molar-refractivity contribution in [3.63, 3.8) is 0 Å². The van der Waals surface area contributed by atoms with Crippen LogP contribution in [0, 0.1) is 11.3 Å². The van der Waals surface area contributed by atoms with Crippen LogP contribution in [0.2, 0.25) is 0 Å². The molecule has 10 heteroatoms. The molecule has 1 atom stereocenters. The number of rotatable bonds is 3. The molecule has 0 bridgehead atoms. The summed E-state index contributed by atoms with van der Waals surface area (Å²) < 4.78 is 16.7. The molecular weight excluding hydrogens is 430 g/mol. The van der Waals surface area contributed by atoms with Crippen molar-refractivity contribution >= 4 is 17.4 Å². The number of hydrogen-bond donors (Lipinski definition) is 2. The standard InChI is InChI=1S/C22H19N5O4S/c23-12-14-17(18-19(16-6-3-11-32-16)25-26-21(18)31-20(14)24)13-4-1-2-5-15(13)30-22(28)27-7-9-29-10-8-27/h1-6,11,17H,7-10,24H2,(H,25,26)/t17-/m1/s1. The number of benzene rings is 1. The number of nitrogens with one attached hydrogen (secondary N) is 1. The molecule has 4 heterocycles. The molecule has 5 rings (SSSR count). The van der Waals surface area contributed by atoms with Crippen LogP contribution in [0.1, 0.15) is 17.0 Å². The third-order valence-electron chi connectivity index (χ3n) is 5.40. The maximum absolute atomic E-state index is 12.8. The Morgan fingerprint density at radius 3 is 2.84 bits per heavy atom. The minimum Gasteiger partial charge on any atom is -0.420 e. The van der Waals surface area contributed by atoms with Crippen LogP contribution < -0.4 is 15.2 Å². The highest BCUT2D eigenvalue weighted by molar-refractivity contribution is 7.13. The molecule has 1 saturated heterocycles. The summed E-state index contributed by atoms with van der Waals surface area (Å²) in [4.78, 5) is 15.3. The van der Waals surface area contributed by atoms with Crippen LogP contribution in [0.3, 0.4) is 0 Å². The predicted octanol–water partition coefficient (Wildman–Crippen LogP) is 3.19. The Kier molecular flexibility index (Phi) is 5.26. The average Bonchev–Trinajstić information content (AvgIpc) is 3.49. The fraction of sp³-hybridized carbons (Fsp3) is 0.227. The number of hydrogen-bond acceptors (Lipinski definition) is 8. The summed E-state index contributed by atoms with van der Waals surface area (Å²) >= 11 is 1.53. The van der Waals surface area contributed by atoms with E-state index in [-0.39, 0.29) is 11.5 Å². The molecule has 1 amide bonds. The number of morpholine rings is 1. The number of fused-ring (bicyclic) bond motifs is 1. The van der Waals surface area contributed by atoms with Crippen molar-refractivity contribution in [1.82, 2.24) is 15.1 Å². The Balaban J connectivity index is 1.60. The molecule has 0 spiro atoms. The molecule has 2 aliphatic heterocycles. The number of allylic oxidation sites excluding steroid dienone is 1. The maximum Gasteiger partial charge on any atom is 0.415 e. The van der Waals surface area contributed by atoms with Gasteiger partial charge < -0.3 is 24.8 Å². The van der Waals surface area contributed by atoms with Crippen molar-refractivity contribution in [3.8, 4) is 28.3 Å². The Morgan fingerprint density at radius 2 is 2.09 bits per heavy atom. The SMILES string of the molecule is N#CC1=C(N)Oc2n[nH]c(-c3cccs3)c2[C@@H]1c1ccccc1OC(=O)N1CCOCC1. The van der Waals surface area contributed by atoms with Gasteiger partial charge in [0, 0.05) is 18.7 Å². The second kappa shape index (κ2) is 8.37. The van der Waals surface area contributed by atoms with Crippen LogP contribution in [0.4, 0.5) is 4.79 Å². The molecule has 162 valence electrons. The van der Waals surface area contributed by atoms with E-state index in [0.717, 1.165) is 10.6 Å². The zero-order chi connectivity index (χ0) is 22.1. The van der Waals surface area contributed by atoms with Crippen molar-refractivity contribution in [2.75, 3.05) is 26.3 Å². The van der Waals surface area contributed by atoms with Crippen molar-refractivity contribution in [2.45, 2.75) is 5.92 Å². The topological polar surface area (TPSA) is 126 Å². The quantitative estimate of drug-likeness (QED) is 0.629. The number of ether oxygens (including phenoxy) is 3. The molecule has 3 aromatic rings. The lowest BCUT2D eigenvalue weighted by Gasteiger charge is -2.28. The molecule has 3 N–H and O–H groups in total. The molecule has 2 aromatic heterocycles.